The highest BCUT2D eigenvalue weighted by molar-refractivity contribution is 6.30. The number of fused-ring (bicyclic) bond motifs is 2. The molecule has 0 unspecified atom stereocenters. The van der Waals surface area contributed by atoms with E-state index in [2.05, 4.69) is 12.1 Å². The molecule has 0 atom stereocenters. The van der Waals surface area contributed by atoms with Gasteiger partial charge in [-0.15, -0.1) is 0 Å². The number of rotatable bonds is 3. The van der Waals surface area contributed by atoms with E-state index in [1.807, 2.05) is 60.7 Å². The van der Waals surface area contributed by atoms with Crippen LogP contribution in [0.3, 0.4) is 0 Å². The first-order valence-corrected chi connectivity index (χ1v) is 8.63. The molecule has 4 aromatic carbocycles. The van der Waals surface area contributed by atoms with Gasteiger partial charge in [0.1, 0.15) is 0 Å². The molecule has 0 aliphatic heterocycles. The molecule has 0 spiro atoms. The lowest BCUT2D eigenvalue weighted by molar-refractivity contribution is -0.131. The molecule has 0 aliphatic rings. The van der Waals surface area contributed by atoms with E-state index < -0.39 is 5.97 Å². The molecule has 1 N–H and O–H groups in total. The third kappa shape index (κ3) is 2.85. The van der Waals surface area contributed by atoms with Crippen LogP contribution >= 0.6 is 11.6 Å². The molecule has 3 heteroatoms. The van der Waals surface area contributed by atoms with E-state index in [1.165, 1.54) is 6.08 Å². The fraction of sp³-hybridized carbons (Fsp3) is 0. The molecule has 0 fully saturated rings. The molecule has 126 valence electrons. The zero-order valence-corrected chi connectivity index (χ0v) is 14.6. The Bertz CT molecular complexity index is 1100. The molecule has 0 radical (unpaired) electrons. The van der Waals surface area contributed by atoms with Crippen molar-refractivity contribution in [3.8, 4) is 11.1 Å². The molecule has 0 amide bonds. The summed E-state index contributed by atoms with van der Waals surface area (Å²) in [5, 5.41) is 14.0. The summed E-state index contributed by atoms with van der Waals surface area (Å²) in [5.41, 5.74) is 3.12. The van der Waals surface area contributed by atoms with Gasteiger partial charge >= 0.3 is 5.97 Å². The van der Waals surface area contributed by atoms with Crippen LogP contribution in [0.1, 0.15) is 5.56 Å². The Kier molecular flexibility index (Phi) is 4.19. The van der Waals surface area contributed by atoms with Gasteiger partial charge in [0.2, 0.25) is 0 Å². The van der Waals surface area contributed by atoms with Gasteiger partial charge in [0.15, 0.2) is 0 Å². The third-order valence-corrected chi connectivity index (χ3v) is 4.75. The minimum Gasteiger partial charge on any atom is -0.478 e. The summed E-state index contributed by atoms with van der Waals surface area (Å²) in [5.74, 6) is -0.958. The van der Waals surface area contributed by atoms with E-state index in [0.29, 0.717) is 5.02 Å². The highest BCUT2D eigenvalue weighted by Crippen LogP contribution is 2.39. The Morgan fingerprint density at radius 1 is 0.769 bits per heavy atom. The van der Waals surface area contributed by atoms with Gasteiger partial charge in [-0.1, -0.05) is 72.3 Å². The van der Waals surface area contributed by atoms with Crippen molar-refractivity contribution >= 4 is 45.2 Å². The van der Waals surface area contributed by atoms with Crippen LogP contribution in [-0.2, 0) is 4.79 Å². The molecule has 0 saturated heterocycles. The van der Waals surface area contributed by atoms with Gasteiger partial charge in [0, 0.05) is 11.1 Å². The van der Waals surface area contributed by atoms with Crippen LogP contribution in [0.4, 0.5) is 0 Å². The van der Waals surface area contributed by atoms with Crippen LogP contribution in [0, 0.1) is 0 Å². The largest absolute Gasteiger partial charge is 0.478 e. The highest BCUT2D eigenvalue weighted by atomic mass is 35.5. The van der Waals surface area contributed by atoms with Crippen molar-refractivity contribution in [3.05, 3.63) is 89.5 Å². The minimum absolute atomic E-state index is 0.698. The maximum Gasteiger partial charge on any atom is 0.328 e. The summed E-state index contributed by atoms with van der Waals surface area (Å²) in [6, 6.07) is 24.0. The Morgan fingerprint density at radius 2 is 1.27 bits per heavy atom. The quantitative estimate of drug-likeness (QED) is 0.339. The Labute approximate surface area is 156 Å². The van der Waals surface area contributed by atoms with Crippen molar-refractivity contribution in [1.82, 2.24) is 0 Å². The van der Waals surface area contributed by atoms with Crippen LogP contribution in [0.5, 0.6) is 0 Å². The van der Waals surface area contributed by atoms with E-state index in [1.54, 1.807) is 6.08 Å². The van der Waals surface area contributed by atoms with Crippen LogP contribution < -0.4 is 0 Å². The van der Waals surface area contributed by atoms with Gasteiger partial charge in [0.05, 0.1) is 0 Å². The summed E-state index contributed by atoms with van der Waals surface area (Å²) in [7, 11) is 0. The summed E-state index contributed by atoms with van der Waals surface area (Å²) < 4.78 is 0. The average Bonchev–Trinajstić information content (AvgIpc) is 2.66. The van der Waals surface area contributed by atoms with E-state index in [9.17, 15) is 4.79 Å². The minimum atomic E-state index is -0.958. The van der Waals surface area contributed by atoms with E-state index >= 15 is 0 Å². The summed E-state index contributed by atoms with van der Waals surface area (Å²) in [6.07, 6.45) is 2.87. The first-order chi connectivity index (χ1) is 12.6. The van der Waals surface area contributed by atoms with Gasteiger partial charge in [-0.25, -0.2) is 4.79 Å². The first kappa shape index (κ1) is 16.4. The fourth-order valence-electron chi connectivity index (χ4n) is 3.42. The number of carboxylic acids is 1. The first-order valence-electron chi connectivity index (χ1n) is 8.25. The van der Waals surface area contributed by atoms with Crippen molar-refractivity contribution in [1.29, 1.82) is 0 Å². The van der Waals surface area contributed by atoms with Crippen molar-refractivity contribution in [2.75, 3.05) is 0 Å². The molecular weight excluding hydrogens is 344 g/mol. The summed E-state index contributed by atoms with van der Waals surface area (Å²) in [6.45, 7) is 0. The van der Waals surface area contributed by atoms with Crippen molar-refractivity contribution in [2.45, 2.75) is 0 Å². The maximum absolute atomic E-state index is 11.1. The van der Waals surface area contributed by atoms with Gasteiger partial charge in [-0.2, -0.15) is 0 Å². The second kappa shape index (κ2) is 6.66. The molecule has 0 heterocycles. The van der Waals surface area contributed by atoms with E-state index in [-0.39, 0.29) is 0 Å². The number of aliphatic carboxylic acids is 1. The Morgan fingerprint density at radius 3 is 1.77 bits per heavy atom. The molecule has 0 aliphatic carbocycles. The van der Waals surface area contributed by atoms with E-state index in [4.69, 9.17) is 16.7 Å². The Balaban J connectivity index is 2.17. The lowest BCUT2D eigenvalue weighted by Gasteiger charge is -2.15. The zero-order valence-electron chi connectivity index (χ0n) is 13.8. The monoisotopic (exact) mass is 358 g/mol. The summed E-state index contributed by atoms with van der Waals surface area (Å²) >= 11 is 6.07. The zero-order chi connectivity index (χ0) is 18.1. The second-order valence-corrected chi connectivity index (χ2v) is 6.49. The lowest BCUT2D eigenvalue weighted by atomic mass is 9.88. The summed E-state index contributed by atoms with van der Waals surface area (Å²) in [4.78, 5) is 11.1. The third-order valence-electron chi connectivity index (χ3n) is 4.50. The number of hydrogen-bond acceptors (Lipinski definition) is 1. The van der Waals surface area contributed by atoms with Crippen LogP contribution in [-0.4, -0.2) is 11.1 Å². The van der Waals surface area contributed by atoms with Crippen LogP contribution in [0.25, 0.3) is 38.7 Å². The van der Waals surface area contributed by atoms with Crippen LogP contribution in [0.15, 0.2) is 78.9 Å². The SMILES string of the molecule is O=C(O)/C=C/c1c2ccccc2c(-c2ccc(Cl)cc2)c2ccccc12. The molecule has 0 aromatic heterocycles. The fourth-order valence-corrected chi connectivity index (χ4v) is 3.55. The number of benzene rings is 4. The Hall–Kier alpha value is -3.10. The van der Waals surface area contributed by atoms with Gasteiger partial charge < -0.3 is 5.11 Å². The van der Waals surface area contributed by atoms with Gasteiger partial charge in [-0.05, 0) is 56.4 Å². The normalized spacial score (nSPS) is 11.4. The number of carboxylic acid groups (broad SMARTS) is 1. The van der Waals surface area contributed by atoms with Crippen molar-refractivity contribution < 1.29 is 9.90 Å². The average molecular weight is 359 g/mol. The standard InChI is InChI=1S/C23H15ClO2/c24-16-11-9-15(10-12-16)23-20-7-3-1-5-17(20)19(13-14-22(25)26)18-6-2-4-8-21(18)23/h1-14H,(H,25,26)/b14-13+. The van der Waals surface area contributed by atoms with Gasteiger partial charge in [-0.3, -0.25) is 0 Å². The number of hydrogen-bond donors (Lipinski definition) is 1. The van der Waals surface area contributed by atoms with Crippen molar-refractivity contribution in [2.24, 2.45) is 0 Å². The van der Waals surface area contributed by atoms with E-state index in [0.717, 1.165) is 38.2 Å². The number of carbonyl (C=O) groups is 1. The maximum atomic E-state index is 11.1. The molecule has 4 aromatic rings. The topological polar surface area (TPSA) is 37.3 Å². The molecule has 4 rings (SSSR count). The second-order valence-electron chi connectivity index (χ2n) is 6.06. The molecular formula is C23H15ClO2. The lowest BCUT2D eigenvalue weighted by Crippen LogP contribution is -1.91. The van der Waals surface area contributed by atoms with Gasteiger partial charge in [0.25, 0.3) is 0 Å². The van der Waals surface area contributed by atoms with Crippen LogP contribution in [0.2, 0.25) is 5.02 Å². The molecule has 0 saturated carbocycles. The smallest absolute Gasteiger partial charge is 0.328 e. The molecule has 26 heavy (non-hydrogen) atoms. The molecule has 2 nitrogen and oxygen atoms in total. The predicted octanol–water partition coefficient (Wildman–Crippen LogP) is 6.41. The van der Waals surface area contributed by atoms with Crippen molar-refractivity contribution in [3.63, 3.8) is 0 Å². The number of halogens is 1. The highest BCUT2D eigenvalue weighted by Gasteiger charge is 2.13. The predicted molar refractivity (Wildman–Crippen MR) is 109 cm³/mol. The molecule has 0 bridgehead atoms.